The first-order valence-electron chi connectivity index (χ1n) is 6.82. The van der Waals surface area contributed by atoms with E-state index >= 15 is 0 Å². The highest BCUT2D eigenvalue weighted by Crippen LogP contribution is 2.34. The van der Waals surface area contributed by atoms with Gasteiger partial charge >= 0.3 is 12.0 Å². The second kappa shape index (κ2) is 5.94. The number of carbonyl (C=O) groups excluding carboxylic acids is 1. The number of aryl methyl sites for hydroxylation is 1. The van der Waals surface area contributed by atoms with Crippen LogP contribution in [0.3, 0.4) is 0 Å². The number of aliphatic carboxylic acids is 1. The first-order valence-corrected chi connectivity index (χ1v) is 6.82. The molecule has 1 saturated carbocycles. The minimum atomic E-state index is -0.872. The summed E-state index contributed by atoms with van der Waals surface area (Å²) in [7, 11) is 0. The van der Waals surface area contributed by atoms with Crippen molar-refractivity contribution >= 4 is 12.0 Å². The number of carbonyl (C=O) groups is 2. The van der Waals surface area contributed by atoms with Crippen molar-refractivity contribution in [1.82, 2.24) is 10.6 Å². The molecule has 5 nitrogen and oxygen atoms in total. The van der Waals surface area contributed by atoms with Gasteiger partial charge in [0.05, 0.1) is 12.0 Å². The lowest BCUT2D eigenvalue weighted by atomic mass is 9.74. The van der Waals surface area contributed by atoms with Crippen molar-refractivity contribution in [2.45, 2.75) is 44.7 Å². The number of urea groups is 1. The van der Waals surface area contributed by atoms with E-state index in [1.807, 2.05) is 31.2 Å². The molecule has 0 heterocycles. The zero-order valence-electron chi connectivity index (χ0n) is 11.6. The standard InChI is InChI=1S/C15H20N2O3/c1-11-4-2-5-12(8-11)10-16-14(20)17-15(6-3-7-15)9-13(18)19/h2,4-5,8H,3,6-7,9-10H2,1H3,(H,18,19)(H2,16,17,20). The highest BCUT2D eigenvalue weighted by Gasteiger charge is 2.40. The summed E-state index contributed by atoms with van der Waals surface area (Å²) in [5.41, 5.74) is 1.62. The third-order valence-corrected chi connectivity index (χ3v) is 3.71. The molecule has 0 spiro atoms. The van der Waals surface area contributed by atoms with Gasteiger partial charge in [0.2, 0.25) is 0 Å². The highest BCUT2D eigenvalue weighted by atomic mass is 16.4. The Balaban J connectivity index is 1.84. The number of hydrogen-bond acceptors (Lipinski definition) is 2. The summed E-state index contributed by atoms with van der Waals surface area (Å²) in [6.07, 6.45) is 2.42. The molecular formula is C15H20N2O3. The number of rotatable bonds is 5. The summed E-state index contributed by atoms with van der Waals surface area (Å²) in [6, 6.07) is 7.61. The molecule has 2 amide bonds. The Morgan fingerprint density at radius 3 is 2.65 bits per heavy atom. The second-order valence-corrected chi connectivity index (χ2v) is 5.50. The zero-order chi connectivity index (χ0) is 14.6. The molecule has 1 aliphatic carbocycles. The summed E-state index contributed by atoms with van der Waals surface area (Å²) < 4.78 is 0. The Morgan fingerprint density at radius 1 is 1.35 bits per heavy atom. The van der Waals surface area contributed by atoms with Gasteiger partial charge in [0.15, 0.2) is 0 Å². The average Bonchev–Trinajstić information content (AvgIpc) is 2.33. The predicted molar refractivity (Wildman–Crippen MR) is 75.4 cm³/mol. The fourth-order valence-electron chi connectivity index (χ4n) is 2.53. The van der Waals surface area contributed by atoms with Crippen molar-refractivity contribution in [3.8, 4) is 0 Å². The topological polar surface area (TPSA) is 78.4 Å². The van der Waals surface area contributed by atoms with E-state index < -0.39 is 11.5 Å². The monoisotopic (exact) mass is 276 g/mol. The minimum absolute atomic E-state index is 0.00906. The molecule has 1 fully saturated rings. The molecule has 0 radical (unpaired) electrons. The Labute approximate surface area is 118 Å². The van der Waals surface area contributed by atoms with Crippen molar-refractivity contribution in [2.75, 3.05) is 0 Å². The third-order valence-electron chi connectivity index (χ3n) is 3.71. The lowest BCUT2D eigenvalue weighted by molar-refractivity contribution is -0.139. The molecule has 0 atom stereocenters. The van der Waals surface area contributed by atoms with Gasteiger partial charge in [-0.15, -0.1) is 0 Å². The molecule has 3 N–H and O–H groups in total. The van der Waals surface area contributed by atoms with E-state index in [4.69, 9.17) is 5.11 Å². The number of amides is 2. The maximum Gasteiger partial charge on any atom is 0.315 e. The van der Waals surface area contributed by atoms with E-state index in [9.17, 15) is 9.59 Å². The van der Waals surface area contributed by atoms with Crippen LogP contribution in [0.25, 0.3) is 0 Å². The van der Waals surface area contributed by atoms with Gasteiger partial charge in [-0.05, 0) is 31.7 Å². The average molecular weight is 276 g/mol. The van der Waals surface area contributed by atoms with E-state index in [-0.39, 0.29) is 12.5 Å². The van der Waals surface area contributed by atoms with E-state index in [0.717, 1.165) is 30.4 Å². The molecule has 2 rings (SSSR count). The predicted octanol–water partition coefficient (Wildman–Crippen LogP) is 2.19. The molecular weight excluding hydrogens is 256 g/mol. The van der Waals surface area contributed by atoms with Crippen LogP contribution >= 0.6 is 0 Å². The summed E-state index contributed by atoms with van der Waals surface area (Å²) in [4.78, 5) is 22.7. The van der Waals surface area contributed by atoms with Crippen LogP contribution in [-0.2, 0) is 11.3 Å². The summed E-state index contributed by atoms with van der Waals surface area (Å²) in [5.74, 6) is -0.872. The fraction of sp³-hybridized carbons (Fsp3) is 0.467. The number of hydrogen-bond donors (Lipinski definition) is 3. The fourth-order valence-corrected chi connectivity index (χ4v) is 2.53. The Morgan fingerprint density at radius 2 is 2.10 bits per heavy atom. The van der Waals surface area contributed by atoms with Crippen LogP contribution in [0.4, 0.5) is 4.79 Å². The van der Waals surface area contributed by atoms with Gasteiger partial charge in [-0.2, -0.15) is 0 Å². The molecule has 5 heteroatoms. The van der Waals surface area contributed by atoms with Crippen molar-refractivity contribution < 1.29 is 14.7 Å². The smallest absolute Gasteiger partial charge is 0.315 e. The van der Waals surface area contributed by atoms with Gasteiger partial charge in [-0.3, -0.25) is 4.79 Å². The number of nitrogens with one attached hydrogen (secondary N) is 2. The van der Waals surface area contributed by atoms with Crippen LogP contribution in [-0.4, -0.2) is 22.6 Å². The molecule has 0 unspecified atom stereocenters. The molecule has 108 valence electrons. The second-order valence-electron chi connectivity index (χ2n) is 5.50. The molecule has 1 aliphatic rings. The largest absolute Gasteiger partial charge is 0.481 e. The lowest BCUT2D eigenvalue weighted by Gasteiger charge is -2.41. The molecule has 1 aromatic rings. The minimum Gasteiger partial charge on any atom is -0.481 e. The molecule has 1 aromatic carbocycles. The molecule has 20 heavy (non-hydrogen) atoms. The Bertz CT molecular complexity index is 510. The van der Waals surface area contributed by atoms with Crippen molar-refractivity contribution in [1.29, 1.82) is 0 Å². The van der Waals surface area contributed by atoms with Crippen LogP contribution in [0.1, 0.15) is 36.8 Å². The van der Waals surface area contributed by atoms with Crippen molar-refractivity contribution in [3.05, 3.63) is 35.4 Å². The van der Waals surface area contributed by atoms with Crippen LogP contribution in [0, 0.1) is 6.92 Å². The van der Waals surface area contributed by atoms with Gasteiger partial charge in [0.25, 0.3) is 0 Å². The normalized spacial score (nSPS) is 16.1. The first-order chi connectivity index (χ1) is 9.49. The van der Waals surface area contributed by atoms with Crippen molar-refractivity contribution in [2.24, 2.45) is 0 Å². The maximum absolute atomic E-state index is 11.9. The molecule has 0 saturated heterocycles. The van der Waals surface area contributed by atoms with E-state index in [0.29, 0.717) is 6.54 Å². The van der Waals surface area contributed by atoms with E-state index in [1.54, 1.807) is 0 Å². The first kappa shape index (κ1) is 14.4. The zero-order valence-corrected chi connectivity index (χ0v) is 11.6. The number of carboxylic acids is 1. The van der Waals surface area contributed by atoms with Gasteiger partial charge < -0.3 is 15.7 Å². The van der Waals surface area contributed by atoms with Crippen LogP contribution in [0.5, 0.6) is 0 Å². The maximum atomic E-state index is 11.9. The SMILES string of the molecule is Cc1cccc(CNC(=O)NC2(CC(=O)O)CCC2)c1. The van der Waals surface area contributed by atoms with Crippen LogP contribution < -0.4 is 10.6 Å². The lowest BCUT2D eigenvalue weighted by Crippen LogP contribution is -2.57. The van der Waals surface area contributed by atoms with Gasteiger partial charge in [-0.25, -0.2) is 4.79 Å². The summed E-state index contributed by atoms with van der Waals surface area (Å²) in [6.45, 7) is 2.44. The molecule has 0 aliphatic heterocycles. The highest BCUT2D eigenvalue weighted by molar-refractivity contribution is 5.77. The summed E-state index contributed by atoms with van der Waals surface area (Å²) >= 11 is 0. The van der Waals surface area contributed by atoms with Gasteiger partial charge in [-0.1, -0.05) is 29.8 Å². The molecule has 0 aromatic heterocycles. The Kier molecular flexibility index (Phi) is 4.27. The quantitative estimate of drug-likeness (QED) is 0.771. The summed E-state index contributed by atoms with van der Waals surface area (Å²) in [5, 5.41) is 14.5. The number of carboxylic acid groups (broad SMARTS) is 1. The van der Waals surface area contributed by atoms with Crippen molar-refractivity contribution in [3.63, 3.8) is 0 Å². The Hall–Kier alpha value is -2.04. The van der Waals surface area contributed by atoms with E-state index in [1.165, 1.54) is 0 Å². The molecule has 0 bridgehead atoms. The van der Waals surface area contributed by atoms with E-state index in [2.05, 4.69) is 10.6 Å². The third kappa shape index (κ3) is 3.73. The van der Waals surface area contributed by atoms with Crippen LogP contribution in [0.2, 0.25) is 0 Å². The van der Waals surface area contributed by atoms with Gasteiger partial charge in [0.1, 0.15) is 0 Å². The van der Waals surface area contributed by atoms with Gasteiger partial charge in [0, 0.05) is 6.54 Å². The number of benzene rings is 1. The van der Waals surface area contributed by atoms with Crippen LogP contribution in [0.15, 0.2) is 24.3 Å².